The smallest absolute Gasteiger partial charge is 0.414 e. The predicted octanol–water partition coefficient (Wildman–Crippen LogP) is 3.21. The molecule has 174 valence electrons. The molecule has 0 radical (unpaired) electrons. The van der Waals surface area contributed by atoms with Crippen LogP contribution in [-0.4, -0.2) is 47.2 Å². The summed E-state index contributed by atoms with van der Waals surface area (Å²) in [5.74, 6) is 0.0729. The zero-order valence-electron chi connectivity index (χ0n) is 18.1. The number of amides is 1. The van der Waals surface area contributed by atoms with Crippen molar-refractivity contribution in [1.82, 2.24) is 20.7 Å². The van der Waals surface area contributed by atoms with Crippen molar-refractivity contribution in [3.63, 3.8) is 0 Å². The Kier molecular flexibility index (Phi) is 5.50. The van der Waals surface area contributed by atoms with Crippen molar-refractivity contribution in [3.8, 4) is 17.2 Å². The summed E-state index contributed by atoms with van der Waals surface area (Å²) in [6, 6.07) is 14.9. The molecular weight excluding hydrogens is 459 g/mol. The fraction of sp³-hybridized carbons (Fsp3) is 0.333. The highest BCUT2D eigenvalue weighted by atomic mass is 35.5. The molecule has 2 saturated heterocycles. The highest BCUT2D eigenvalue weighted by Gasteiger charge is 2.68. The molecule has 8 nitrogen and oxygen atoms in total. The van der Waals surface area contributed by atoms with Gasteiger partial charge in [0.05, 0.1) is 35.6 Å². The van der Waals surface area contributed by atoms with Gasteiger partial charge in [-0.3, -0.25) is 4.90 Å². The summed E-state index contributed by atoms with van der Waals surface area (Å²) < 4.78 is 20.8. The van der Waals surface area contributed by atoms with Crippen LogP contribution in [0.5, 0.6) is 0 Å². The minimum atomic E-state index is -0.569. The highest BCUT2D eigenvalue weighted by molar-refractivity contribution is 5.90. The average molecular weight is 481 g/mol. The van der Waals surface area contributed by atoms with E-state index in [9.17, 15) is 10.1 Å². The number of ether oxygens (including phenoxy) is 1. The van der Waals surface area contributed by atoms with Crippen molar-refractivity contribution in [2.75, 3.05) is 24.5 Å². The van der Waals surface area contributed by atoms with E-state index in [-0.39, 0.29) is 30.3 Å². The van der Waals surface area contributed by atoms with Crippen molar-refractivity contribution in [2.45, 2.75) is 17.9 Å². The van der Waals surface area contributed by atoms with Gasteiger partial charge < -0.3 is 10.1 Å². The first-order valence-electron chi connectivity index (χ1n) is 11.0. The van der Waals surface area contributed by atoms with Crippen molar-refractivity contribution in [2.24, 2.45) is 11.8 Å². The number of cyclic esters (lactones) is 1. The molecule has 3 aromatic rings. The fourth-order valence-corrected chi connectivity index (χ4v) is 5.53. The number of hydrogen-bond acceptors (Lipinski definition) is 6. The number of carbonyl (C=O) groups is 1. The number of aromatic amines is 1. The third-order valence-electron chi connectivity index (χ3n) is 7.16. The molecule has 2 N–H and O–H groups in total. The van der Waals surface area contributed by atoms with Crippen molar-refractivity contribution < 1.29 is 13.9 Å². The molecule has 4 atom stereocenters. The summed E-state index contributed by atoms with van der Waals surface area (Å²) in [7, 11) is 0. The Morgan fingerprint density at radius 2 is 2.00 bits per heavy atom. The van der Waals surface area contributed by atoms with Crippen LogP contribution in [-0.2, 0) is 16.6 Å². The maximum Gasteiger partial charge on any atom is 0.414 e. The van der Waals surface area contributed by atoms with Crippen LogP contribution in [0.1, 0.15) is 11.3 Å². The van der Waals surface area contributed by atoms with Crippen LogP contribution in [0.2, 0.25) is 0 Å². The Hall–Kier alpha value is -3.48. The van der Waals surface area contributed by atoms with Gasteiger partial charge in [0, 0.05) is 36.9 Å². The molecule has 2 aliphatic heterocycles. The molecule has 0 bridgehead atoms. The van der Waals surface area contributed by atoms with Gasteiger partial charge in [-0.2, -0.15) is 20.7 Å². The van der Waals surface area contributed by atoms with Crippen molar-refractivity contribution >= 4 is 24.2 Å². The van der Waals surface area contributed by atoms with Gasteiger partial charge in [0.2, 0.25) is 0 Å². The number of anilines is 1. The van der Waals surface area contributed by atoms with Gasteiger partial charge >= 0.3 is 6.09 Å². The van der Waals surface area contributed by atoms with Crippen LogP contribution in [0.15, 0.2) is 48.7 Å². The number of rotatable bonds is 5. The molecule has 1 aliphatic carbocycles. The molecule has 3 heterocycles. The quantitative estimate of drug-likeness (QED) is 0.580. The van der Waals surface area contributed by atoms with Crippen LogP contribution in [0, 0.1) is 29.0 Å². The Morgan fingerprint density at radius 3 is 2.71 bits per heavy atom. The van der Waals surface area contributed by atoms with E-state index in [1.807, 2.05) is 24.3 Å². The molecule has 2 aromatic carbocycles. The van der Waals surface area contributed by atoms with Crippen LogP contribution in [0.3, 0.4) is 0 Å². The standard InChI is InChI=1S/C24H21FN6O2.ClH/c25-22-8-15(31-12-16(33-23(31)32)7-14-9-28-30-29-14)5-6-18(22)17-3-1-2-4-19(17)24(13-26)20-10-27-11-21(20)24;/h1-6,8-9,16,20-21,27H,7,10-12H2,(H,28,29,30);1H/t16-,20+,21?,24?;/m1./s1. The molecule has 2 unspecified atom stereocenters. The molecule has 10 heteroatoms. The summed E-state index contributed by atoms with van der Waals surface area (Å²) >= 11 is 0. The lowest BCUT2D eigenvalue weighted by Crippen LogP contribution is -2.25. The second-order valence-electron chi connectivity index (χ2n) is 8.84. The van der Waals surface area contributed by atoms with Gasteiger partial charge in [0.15, 0.2) is 0 Å². The summed E-state index contributed by atoms with van der Waals surface area (Å²) in [6.07, 6.45) is 1.11. The largest absolute Gasteiger partial charge is 0.444 e. The van der Waals surface area contributed by atoms with Gasteiger partial charge in [0.1, 0.15) is 11.9 Å². The summed E-state index contributed by atoms with van der Waals surface area (Å²) in [6.45, 7) is 1.91. The number of halogens is 2. The van der Waals surface area contributed by atoms with E-state index in [0.29, 0.717) is 29.9 Å². The number of fused-ring (bicyclic) bond motifs is 1. The number of nitrogens with zero attached hydrogens (tertiary/aromatic N) is 4. The maximum atomic E-state index is 15.4. The third-order valence-corrected chi connectivity index (χ3v) is 7.16. The number of aromatic nitrogens is 3. The Morgan fingerprint density at radius 1 is 1.21 bits per heavy atom. The molecule has 3 fully saturated rings. The molecule has 3 aliphatic rings. The number of piperidine rings is 1. The van der Waals surface area contributed by atoms with E-state index in [2.05, 4.69) is 26.8 Å². The van der Waals surface area contributed by atoms with E-state index in [1.54, 1.807) is 18.3 Å². The lowest BCUT2D eigenvalue weighted by atomic mass is 9.85. The highest BCUT2D eigenvalue weighted by Crippen LogP contribution is 2.62. The number of nitriles is 1. The third kappa shape index (κ3) is 3.33. The van der Waals surface area contributed by atoms with Crippen LogP contribution < -0.4 is 10.2 Å². The van der Waals surface area contributed by atoms with Crippen LogP contribution in [0.25, 0.3) is 11.1 Å². The minimum Gasteiger partial charge on any atom is -0.444 e. The van der Waals surface area contributed by atoms with Crippen molar-refractivity contribution in [1.29, 1.82) is 5.26 Å². The minimum absolute atomic E-state index is 0. The van der Waals surface area contributed by atoms with E-state index in [1.165, 1.54) is 11.0 Å². The first-order chi connectivity index (χ1) is 16.1. The van der Waals surface area contributed by atoms with E-state index in [4.69, 9.17) is 4.74 Å². The van der Waals surface area contributed by atoms with E-state index >= 15 is 4.39 Å². The van der Waals surface area contributed by atoms with E-state index in [0.717, 1.165) is 24.2 Å². The molecule has 0 spiro atoms. The fourth-order valence-electron chi connectivity index (χ4n) is 5.53. The summed E-state index contributed by atoms with van der Waals surface area (Å²) in [4.78, 5) is 13.8. The normalized spacial score (nSPS) is 27.0. The number of benzene rings is 2. The molecule has 6 rings (SSSR count). The Balaban J connectivity index is 0.00000241. The maximum absolute atomic E-state index is 15.4. The summed E-state index contributed by atoms with van der Waals surface area (Å²) in [5, 5.41) is 23.7. The Bertz CT molecular complexity index is 1270. The topological polar surface area (TPSA) is 107 Å². The van der Waals surface area contributed by atoms with Crippen LogP contribution >= 0.6 is 12.4 Å². The van der Waals surface area contributed by atoms with Crippen molar-refractivity contribution in [3.05, 3.63) is 65.7 Å². The second kappa shape index (κ2) is 8.38. The van der Waals surface area contributed by atoms with Gasteiger partial charge in [0.25, 0.3) is 0 Å². The predicted molar refractivity (Wildman–Crippen MR) is 124 cm³/mol. The van der Waals surface area contributed by atoms with Crippen LogP contribution in [0.4, 0.5) is 14.9 Å². The zero-order valence-corrected chi connectivity index (χ0v) is 18.9. The monoisotopic (exact) mass is 480 g/mol. The average Bonchev–Trinajstić information content (AvgIpc) is 3.35. The second-order valence-corrected chi connectivity index (χ2v) is 8.84. The number of carbonyl (C=O) groups excluding carboxylic acids is 1. The SMILES string of the molecule is Cl.N#CC1(c2ccccc2-c2ccc(N3C[C@@H](Cc4cn[nH]n4)OC3=O)cc2F)C2CNC[C@@H]21. The number of hydrogen-bond donors (Lipinski definition) is 2. The zero-order chi connectivity index (χ0) is 22.6. The number of nitrogens with one attached hydrogen (secondary N) is 2. The lowest BCUT2D eigenvalue weighted by Gasteiger charge is -2.19. The first-order valence-corrected chi connectivity index (χ1v) is 11.0. The molecule has 1 amide bonds. The lowest BCUT2D eigenvalue weighted by molar-refractivity contribution is 0.141. The first kappa shape index (κ1) is 22.3. The number of H-pyrrole nitrogens is 1. The molecular formula is C24H22ClFN6O2. The van der Waals surface area contributed by atoms with Gasteiger partial charge in [-0.1, -0.05) is 24.3 Å². The van der Waals surface area contributed by atoms with Gasteiger partial charge in [-0.05, 0) is 29.3 Å². The molecule has 34 heavy (non-hydrogen) atoms. The molecule has 1 aromatic heterocycles. The molecule has 1 saturated carbocycles. The Labute approximate surface area is 201 Å². The summed E-state index contributed by atoms with van der Waals surface area (Å²) in [5.41, 5.74) is 2.59. The van der Waals surface area contributed by atoms with E-state index < -0.39 is 17.3 Å². The van der Waals surface area contributed by atoms with Gasteiger partial charge in [-0.25, -0.2) is 9.18 Å². The van der Waals surface area contributed by atoms with Gasteiger partial charge in [-0.15, -0.1) is 12.4 Å².